The second kappa shape index (κ2) is 7.77. The summed E-state index contributed by atoms with van der Waals surface area (Å²) in [5.41, 5.74) is 0.851. The third kappa shape index (κ3) is 4.44. The van der Waals surface area contributed by atoms with Crippen molar-refractivity contribution in [3.05, 3.63) is 17.8 Å². The predicted molar refractivity (Wildman–Crippen MR) is 90.8 cm³/mol. The first-order chi connectivity index (χ1) is 11.0. The Kier molecular flexibility index (Phi) is 5.99. The maximum atomic E-state index is 12.7. The Morgan fingerprint density at radius 2 is 2.04 bits per heavy atom. The molecule has 1 aliphatic carbocycles. The average Bonchev–Trinajstić information content (AvgIpc) is 3.37. The van der Waals surface area contributed by atoms with Crippen molar-refractivity contribution in [1.29, 1.82) is 0 Å². The first-order valence-corrected chi connectivity index (χ1v) is 8.56. The maximum Gasteiger partial charge on any atom is 0.256 e. The van der Waals surface area contributed by atoms with Gasteiger partial charge in [-0.05, 0) is 51.5 Å². The first kappa shape index (κ1) is 17.7. The Balaban J connectivity index is 2.05. The highest BCUT2D eigenvalue weighted by Crippen LogP contribution is 2.42. The fourth-order valence-electron chi connectivity index (χ4n) is 2.55. The summed E-state index contributed by atoms with van der Waals surface area (Å²) in [5, 5.41) is 2.95. The highest BCUT2D eigenvalue weighted by molar-refractivity contribution is 5.97. The van der Waals surface area contributed by atoms with Crippen molar-refractivity contribution in [3.8, 4) is 5.88 Å². The van der Waals surface area contributed by atoms with Gasteiger partial charge in [-0.3, -0.25) is 4.79 Å². The predicted octanol–water partition coefficient (Wildman–Crippen LogP) is 3.71. The van der Waals surface area contributed by atoms with Crippen molar-refractivity contribution >= 4 is 11.6 Å². The van der Waals surface area contributed by atoms with Gasteiger partial charge in [-0.25, -0.2) is 4.98 Å². The van der Waals surface area contributed by atoms with Crippen molar-refractivity contribution < 1.29 is 14.3 Å². The summed E-state index contributed by atoms with van der Waals surface area (Å²) in [7, 11) is 0. The van der Waals surface area contributed by atoms with E-state index in [1.54, 1.807) is 6.20 Å². The number of carbonyl (C=O) groups is 1. The largest absolute Gasteiger partial charge is 0.477 e. The lowest BCUT2D eigenvalue weighted by Crippen LogP contribution is -2.45. The molecular formula is C18H28N2O3. The Bertz CT molecular complexity index is 543. The molecule has 0 aromatic carbocycles. The second-order valence-corrected chi connectivity index (χ2v) is 6.38. The molecule has 23 heavy (non-hydrogen) atoms. The van der Waals surface area contributed by atoms with Crippen LogP contribution in [0, 0.1) is 12.8 Å². The van der Waals surface area contributed by atoms with E-state index in [-0.39, 0.29) is 5.91 Å². The van der Waals surface area contributed by atoms with Crippen LogP contribution in [0.1, 0.15) is 52.0 Å². The zero-order valence-corrected chi connectivity index (χ0v) is 14.6. The van der Waals surface area contributed by atoms with Gasteiger partial charge in [-0.2, -0.15) is 0 Å². The molecule has 5 nitrogen and oxygen atoms in total. The van der Waals surface area contributed by atoms with Crippen LogP contribution in [0.5, 0.6) is 5.88 Å². The average molecular weight is 320 g/mol. The van der Waals surface area contributed by atoms with Crippen LogP contribution in [0.25, 0.3) is 0 Å². The monoisotopic (exact) mass is 320 g/mol. The smallest absolute Gasteiger partial charge is 0.256 e. The first-order valence-electron chi connectivity index (χ1n) is 8.56. The topological polar surface area (TPSA) is 60.5 Å². The van der Waals surface area contributed by atoms with Gasteiger partial charge >= 0.3 is 0 Å². The minimum absolute atomic E-state index is 0.0862. The Labute approximate surface area is 138 Å². The molecule has 1 fully saturated rings. The molecule has 0 radical (unpaired) electrons. The van der Waals surface area contributed by atoms with Crippen molar-refractivity contribution in [2.75, 3.05) is 18.5 Å². The van der Waals surface area contributed by atoms with Crippen LogP contribution in [-0.2, 0) is 9.53 Å². The number of pyridine rings is 1. The van der Waals surface area contributed by atoms with Gasteiger partial charge in [0, 0.05) is 12.2 Å². The van der Waals surface area contributed by atoms with Crippen LogP contribution in [0.2, 0.25) is 0 Å². The SMILES string of the molecule is CCCOc1ncc(NC(=O)[C@](C)(OCCC)C2CC2)cc1C. The van der Waals surface area contributed by atoms with Gasteiger partial charge in [-0.1, -0.05) is 13.8 Å². The van der Waals surface area contributed by atoms with E-state index in [0.29, 0.717) is 30.7 Å². The quantitative estimate of drug-likeness (QED) is 0.753. The molecule has 2 rings (SSSR count). The lowest BCUT2D eigenvalue weighted by Gasteiger charge is -2.28. The van der Waals surface area contributed by atoms with E-state index in [9.17, 15) is 4.79 Å². The van der Waals surface area contributed by atoms with E-state index in [4.69, 9.17) is 9.47 Å². The highest BCUT2D eigenvalue weighted by atomic mass is 16.5. The second-order valence-electron chi connectivity index (χ2n) is 6.38. The van der Waals surface area contributed by atoms with Crippen LogP contribution in [0.15, 0.2) is 12.3 Å². The zero-order chi connectivity index (χ0) is 16.9. The van der Waals surface area contributed by atoms with E-state index in [1.165, 1.54) is 0 Å². The van der Waals surface area contributed by atoms with E-state index >= 15 is 0 Å². The lowest BCUT2D eigenvalue weighted by atomic mass is 9.98. The van der Waals surface area contributed by atoms with Gasteiger partial charge in [0.1, 0.15) is 5.60 Å². The minimum Gasteiger partial charge on any atom is -0.477 e. The number of amides is 1. The summed E-state index contributed by atoms with van der Waals surface area (Å²) in [4.78, 5) is 17.0. The number of hydrogen-bond acceptors (Lipinski definition) is 4. The molecule has 1 aliphatic rings. The lowest BCUT2D eigenvalue weighted by molar-refractivity contribution is -0.142. The zero-order valence-electron chi connectivity index (χ0n) is 14.6. The summed E-state index contributed by atoms with van der Waals surface area (Å²) in [6, 6.07) is 1.89. The van der Waals surface area contributed by atoms with Crippen LogP contribution >= 0.6 is 0 Å². The number of aryl methyl sites for hydroxylation is 1. The normalized spacial score (nSPS) is 16.7. The maximum absolute atomic E-state index is 12.7. The number of rotatable bonds is 9. The number of aromatic nitrogens is 1. The summed E-state index contributed by atoms with van der Waals surface area (Å²) >= 11 is 0. The number of carbonyl (C=O) groups excluding carboxylic acids is 1. The molecule has 0 aliphatic heterocycles. The van der Waals surface area contributed by atoms with E-state index in [1.807, 2.05) is 26.8 Å². The number of anilines is 1. The molecule has 0 saturated heterocycles. The third-order valence-electron chi connectivity index (χ3n) is 4.14. The van der Waals surface area contributed by atoms with Gasteiger partial charge in [0.25, 0.3) is 5.91 Å². The fourth-order valence-corrected chi connectivity index (χ4v) is 2.55. The molecule has 0 unspecified atom stereocenters. The fraction of sp³-hybridized carbons (Fsp3) is 0.667. The number of hydrogen-bond donors (Lipinski definition) is 1. The van der Waals surface area contributed by atoms with Gasteiger partial charge in [0.15, 0.2) is 0 Å². The molecule has 1 amide bonds. The van der Waals surface area contributed by atoms with E-state index < -0.39 is 5.60 Å². The van der Waals surface area contributed by atoms with Gasteiger partial charge in [-0.15, -0.1) is 0 Å². The summed E-state index contributed by atoms with van der Waals surface area (Å²) in [6.07, 6.45) is 5.58. The van der Waals surface area contributed by atoms with Crippen LogP contribution in [-0.4, -0.2) is 29.7 Å². The molecule has 128 valence electrons. The molecule has 1 N–H and O–H groups in total. The Morgan fingerprint density at radius 3 is 2.61 bits per heavy atom. The van der Waals surface area contributed by atoms with Crippen molar-refractivity contribution in [3.63, 3.8) is 0 Å². The van der Waals surface area contributed by atoms with Crippen LogP contribution in [0.3, 0.4) is 0 Å². The Hall–Kier alpha value is -1.62. The van der Waals surface area contributed by atoms with Crippen molar-refractivity contribution in [2.24, 2.45) is 5.92 Å². The van der Waals surface area contributed by atoms with E-state index in [2.05, 4.69) is 17.2 Å². The minimum atomic E-state index is -0.749. The molecule has 1 saturated carbocycles. The highest BCUT2D eigenvalue weighted by Gasteiger charge is 2.48. The number of ether oxygens (including phenoxy) is 2. The third-order valence-corrected chi connectivity index (χ3v) is 4.14. The number of nitrogens with zero attached hydrogens (tertiary/aromatic N) is 1. The molecule has 1 atom stereocenters. The number of nitrogens with one attached hydrogen (secondary N) is 1. The summed E-state index contributed by atoms with van der Waals surface area (Å²) < 4.78 is 11.5. The van der Waals surface area contributed by atoms with Crippen molar-refractivity contribution in [1.82, 2.24) is 4.98 Å². The molecular weight excluding hydrogens is 292 g/mol. The van der Waals surface area contributed by atoms with Gasteiger partial charge < -0.3 is 14.8 Å². The molecule has 1 heterocycles. The van der Waals surface area contributed by atoms with Crippen molar-refractivity contribution in [2.45, 2.75) is 59.0 Å². The standard InChI is InChI=1S/C18H28N2O3/c1-5-9-22-16-13(3)11-15(12-19-16)20-17(21)18(4,14-7-8-14)23-10-6-2/h11-12,14H,5-10H2,1-4H3,(H,20,21)/t18-/m1/s1. The summed E-state index contributed by atoms with van der Waals surface area (Å²) in [6.45, 7) is 9.17. The molecule has 5 heteroatoms. The van der Waals surface area contributed by atoms with Crippen LogP contribution in [0.4, 0.5) is 5.69 Å². The van der Waals surface area contributed by atoms with Gasteiger partial charge in [0.05, 0.1) is 18.5 Å². The van der Waals surface area contributed by atoms with Gasteiger partial charge in [0.2, 0.25) is 5.88 Å². The summed E-state index contributed by atoms with van der Waals surface area (Å²) in [5.74, 6) is 0.851. The molecule has 0 spiro atoms. The molecule has 1 aromatic heterocycles. The van der Waals surface area contributed by atoms with E-state index in [0.717, 1.165) is 31.2 Å². The van der Waals surface area contributed by atoms with Crippen LogP contribution < -0.4 is 10.1 Å². The molecule has 1 aromatic rings. The molecule has 0 bridgehead atoms. The Morgan fingerprint density at radius 1 is 1.35 bits per heavy atom.